The molecule has 3 aliphatic heterocycles. The van der Waals surface area contributed by atoms with Crippen molar-refractivity contribution in [1.29, 1.82) is 0 Å². The van der Waals surface area contributed by atoms with Gasteiger partial charge in [-0.15, -0.1) is 0 Å². The SMILES string of the molecule is Cc1c(C(O)CN2CCC3(CC2)CCN(c2ccc(=O)n(C)c2)C3=O)ccc2c1COC2=O. The van der Waals surface area contributed by atoms with E-state index >= 15 is 0 Å². The van der Waals surface area contributed by atoms with Gasteiger partial charge in [0.2, 0.25) is 11.5 Å². The summed E-state index contributed by atoms with van der Waals surface area (Å²) in [6, 6.07) is 6.79. The summed E-state index contributed by atoms with van der Waals surface area (Å²) in [6.07, 6.45) is 3.38. The summed E-state index contributed by atoms with van der Waals surface area (Å²) in [6.45, 7) is 4.83. The van der Waals surface area contributed by atoms with Crippen molar-refractivity contribution in [3.8, 4) is 0 Å². The standard InChI is InChI=1S/C25H29N3O5/c1-16-18(4-5-19-20(16)15-33-23(19)31)21(29)14-27-10-7-25(8-11-27)9-12-28(24(25)32)17-3-6-22(30)26(2)13-17/h3-6,13,21,29H,7-12,14-15H2,1-2H3. The van der Waals surface area contributed by atoms with Crippen LogP contribution in [0.4, 0.5) is 5.69 Å². The third kappa shape index (κ3) is 3.67. The largest absolute Gasteiger partial charge is 0.457 e. The average molecular weight is 452 g/mol. The van der Waals surface area contributed by atoms with Crippen LogP contribution in [-0.4, -0.2) is 52.6 Å². The van der Waals surface area contributed by atoms with Crippen LogP contribution in [0.15, 0.2) is 35.3 Å². The van der Waals surface area contributed by atoms with E-state index in [1.807, 2.05) is 13.0 Å². The zero-order valence-corrected chi connectivity index (χ0v) is 19.0. The quantitative estimate of drug-likeness (QED) is 0.714. The molecule has 0 radical (unpaired) electrons. The Bertz CT molecular complexity index is 1180. The number of carbonyl (C=O) groups is 2. The van der Waals surface area contributed by atoms with Gasteiger partial charge >= 0.3 is 5.97 Å². The number of β-amino-alcohol motifs (C(OH)–C–C–N with tert-alkyl or cyclic N) is 1. The van der Waals surface area contributed by atoms with Crippen LogP contribution in [0.3, 0.4) is 0 Å². The van der Waals surface area contributed by atoms with Crippen LogP contribution in [0.25, 0.3) is 0 Å². The number of cyclic esters (lactones) is 1. The van der Waals surface area contributed by atoms with Crippen LogP contribution in [-0.2, 0) is 23.2 Å². The van der Waals surface area contributed by atoms with Crippen LogP contribution in [0, 0.1) is 12.3 Å². The Kier molecular flexibility index (Phi) is 5.37. The second kappa shape index (κ2) is 8.11. The lowest BCUT2D eigenvalue weighted by molar-refractivity contribution is -0.128. The van der Waals surface area contributed by atoms with Crippen LogP contribution in [0.1, 0.15) is 52.4 Å². The van der Waals surface area contributed by atoms with Crippen LogP contribution < -0.4 is 10.5 Å². The van der Waals surface area contributed by atoms with E-state index < -0.39 is 6.10 Å². The lowest BCUT2D eigenvalue weighted by atomic mass is 9.77. The maximum Gasteiger partial charge on any atom is 0.338 e. The number of fused-ring (bicyclic) bond motifs is 1. The Morgan fingerprint density at radius 1 is 1.06 bits per heavy atom. The van der Waals surface area contributed by atoms with Gasteiger partial charge < -0.3 is 24.2 Å². The van der Waals surface area contributed by atoms with Gasteiger partial charge in [-0.25, -0.2) is 4.79 Å². The topological polar surface area (TPSA) is 92.1 Å². The Morgan fingerprint density at radius 2 is 1.79 bits per heavy atom. The molecule has 0 aliphatic carbocycles. The Balaban J connectivity index is 1.23. The maximum absolute atomic E-state index is 13.3. The molecule has 3 aliphatic rings. The van der Waals surface area contributed by atoms with Crippen LogP contribution in [0.5, 0.6) is 0 Å². The van der Waals surface area contributed by atoms with Crippen molar-refractivity contribution >= 4 is 17.6 Å². The number of benzene rings is 1. The molecule has 0 bridgehead atoms. The molecule has 1 aromatic heterocycles. The molecule has 1 amide bonds. The van der Waals surface area contributed by atoms with Crippen molar-refractivity contribution in [3.63, 3.8) is 0 Å². The Morgan fingerprint density at radius 3 is 2.52 bits per heavy atom. The van der Waals surface area contributed by atoms with E-state index in [0.717, 1.165) is 54.7 Å². The van der Waals surface area contributed by atoms with E-state index in [1.54, 1.807) is 30.3 Å². The van der Waals surface area contributed by atoms with E-state index in [9.17, 15) is 19.5 Å². The van der Waals surface area contributed by atoms with Crippen molar-refractivity contribution < 1.29 is 19.4 Å². The lowest BCUT2D eigenvalue weighted by Crippen LogP contribution is -2.45. The zero-order valence-electron chi connectivity index (χ0n) is 19.0. The normalized spacial score (nSPS) is 20.9. The van der Waals surface area contributed by atoms with E-state index in [4.69, 9.17) is 4.74 Å². The number of aryl methyl sites for hydroxylation is 1. The monoisotopic (exact) mass is 451 g/mol. The van der Waals surface area contributed by atoms with Gasteiger partial charge in [0.15, 0.2) is 0 Å². The van der Waals surface area contributed by atoms with Crippen molar-refractivity contribution in [2.45, 2.75) is 38.9 Å². The van der Waals surface area contributed by atoms with Crippen molar-refractivity contribution in [1.82, 2.24) is 9.47 Å². The first-order chi connectivity index (χ1) is 15.8. The van der Waals surface area contributed by atoms with Crippen LogP contribution >= 0.6 is 0 Å². The molecule has 0 saturated carbocycles. The second-order valence-electron chi connectivity index (χ2n) is 9.52. The molecule has 2 saturated heterocycles. The predicted octanol–water partition coefficient (Wildman–Crippen LogP) is 1.92. The number of carbonyl (C=O) groups excluding carboxylic acids is 2. The summed E-state index contributed by atoms with van der Waals surface area (Å²) < 4.78 is 6.62. The van der Waals surface area contributed by atoms with E-state index in [-0.39, 0.29) is 29.5 Å². The van der Waals surface area contributed by atoms with Gasteiger partial charge in [0.05, 0.1) is 22.8 Å². The van der Waals surface area contributed by atoms with Gasteiger partial charge in [0, 0.05) is 38.0 Å². The summed E-state index contributed by atoms with van der Waals surface area (Å²) in [5, 5.41) is 10.9. The summed E-state index contributed by atoms with van der Waals surface area (Å²) in [4.78, 5) is 40.8. The minimum atomic E-state index is -0.665. The van der Waals surface area contributed by atoms with Crippen molar-refractivity contribution in [2.24, 2.45) is 12.5 Å². The number of nitrogens with zero attached hydrogens (tertiary/aromatic N) is 3. The van der Waals surface area contributed by atoms with Crippen molar-refractivity contribution in [2.75, 3.05) is 31.1 Å². The molecule has 1 N–H and O–H groups in total. The molecule has 2 fully saturated rings. The number of pyridine rings is 1. The number of rotatable bonds is 4. The number of esters is 1. The van der Waals surface area contributed by atoms with Gasteiger partial charge in [-0.2, -0.15) is 0 Å². The maximum atomic E-state index is 13.3. The molecular weight excluding hydrogens is 422 g/mol. The molecule has 8 nitrogen and oxygen atoms in total. The smallest absolute Gasteiger partial charge is 0.338 e. The number of likely N-dealkylation sites (tertiary alicyclic amines) is 1. The van der Waals surface area contributed by atoms with Gasteiger partial charge in [-0.3, -0.25) is 9.59 Å². The lowest BCUT2D eigenvalue weighted by Gasteiger charge is -2.38. The number of aliphatic hydroxyl groups is 1. The first kappa shape index (κ1) is 21.9. The highest BCUT2D eigenvalue weighted by molar-refractivity contribution is 5.99. The number of amides is 1. The minimum absolute atomic E-state index is 0.0929. The summed E-state index contributed by atoms with van der Waals surface area (Å²) in [7, 11) is 1.69. The molecule has 1 spiro atoms. The number of hydrogen-bond donors (Lipinski definition) is 1. The second-order valence-corrected chi connectivity index (χ2v) is 9.52. The molecule has 5 rings (SSSR count). The molecule has 2 aromatic rings. The number of ether oxygens (including phenoxy) is 1. The fourth-order valence-corrected chi connectivity index (χ4v) is 5.50. The first-order valence-corrected chi connectivity index (χ1v) is 11.5. The van der Waals surface area contributed by atoms with Gasteiger partial charge in [-0.05, 0) is 62.5 Å². The Hall–Kier alpha value is -2.97. The third-order valence-corrected chi connectivity index (χ3v) is 7.71. The number of hydrogen-bond acceptors (Lipinski definition) is 6. The summed E-state index contributed by atoms with van der Waals surface area (Å²) >= 11 is 0. The minimum Gasteiger partial charge on any atom is -0.457 e. The molecule has 1 aromatic carbocycles. The highest BCUT2D eigenvalue weighted by Gasteiger charge is 2.48. The fraction of sp³-hybridized carbons (Fsp3) is 0.480. The Labute approximate surface area is 192 Å². The first-order valence-electron chi connectivity index (χ1n) is 11.5. The third-order valence-electron chi connectivity index (χ3n) is 7.71. The number of piperidine rings is 1. The summed E-state index contributed by atoms with van der Waals surface area (Å²) in [5.74, 6) is -0.163. The highest BCUT2D eigenvalue weighted by atomic mass is 16.5. The molecule has 174 valence electrons. The van der Waals surface area contributed by atoms with Crippen molar-refractivity contribution in [3.05, 3.63) is 63.1 Å². The van der Waals surface area contributed by atoms with E-state index in [0.29, 0.717) is 18.7 Å². The number of aromatic nitrogens is 1. The number of anilines is 1. The fourth-order valence-electron chi connectivity index (χ4n) is 5.50. The highest BCUT2D eigenvalue weighted by Crippen LogP contribution is 2.43. The predicted molar refractivity (Wildman–Crippen MR) is 122 cm³/mol. The van der Waals surface area contributed by atoms with Gasteiger partial charge in [0.25, 0.3) is 0 Å². The molecular formula is C25H29N3O5. The van der Waals surface area contributed by atoms with E-state index in [1.165, 1.54) is 10.6 Å². The number of aliphatic hydroxyl groups excluding tert-OH is 1. The molecule has 1 unspecified atom stereocenters. The summed E-state index contributed by atoms with van der Waals surface area (Å²) in [5.41, 5.74) is 3.51. The average Bonchev–Trinajstić information content (AvgIpc) is 3.33. The van der Waals surface area contributed by atoms with E-state index in [2.05, 4.69) is 4.90 Å². The van der Waals surface area contributed by atoms with Gasteiger partial charge in [0.1, 0.15) is 6.61 Å². The molecule has 33 heavy (non-hydrogen) atoms. The molecule has 4 heterocycles. The van der Waals surface area contributed by atoms with Crippen LogP contribution in [0.2, 0.25) is 0 Å². The molecule has 8 heteroatoms. The zero-order chi connectivity index (χ0) is 23.3. The van der Waals surface area contributed by atoms with Gasteiger partial charge in [-0.1, -0.05) is 6.07 Å². The molecule has 1 atom stereocenters.